The molecule has 5 heteroatoms. The molecule has 0 saturated heterocycles. The van der Waals surface area contributed by atoms with Gasteiger partial charge in [0, 0.05) is 11.4 Å². The smallest absolute Gasteiger partial charge is 0.293 e. The maximum Gasteiger partial charge on any atom is 0.401 e. The van der Waals surface area contributed by atoms with Gasteiger partial charge in [0.05, 0.1) is 6.54 Å². The molecule has 0 aliphatic carbocycles. The van der Waals surface area contributed by atoms with E-state index in [2.05, 4.69) is 15.9 Å². The van der Waals surface area contributed by atoms with E-state index in [0.29, 0.717) is 6.54 Å². The van der Waals surface area contributed by atoms with Gasteiger partial charge >= 0.3 is 6.18 Å². The average molecular weight is 262 g/mol. The minimum absolute atomic E-state index is 0.0549. The third kappa shape index (κ3) is 7.31. The quantitative estimate of drug-likeness (QED) is 0.688. The van der Waals surface area contributed by atoms with Crippen LogP contribution in [-0.4, -0.2) is 35.5 Å². The zero-order chi connectivity index (χ0) is 10.5. The lowest BCUT2D eigenvalue weighted by atomic mass is 10.3. The highest BCUT2D eigenvalue weighted by atomic mass is 79.9. The summed E-state index contributed by atoms with van der Waals surface area (Å²) in [6.07, 6.45) is -3.34. The van der Waals surface area contributed by atoms with E-state index in [4.69, 9.17) is 0 Å². The molecule has 0 unspecified atom stereocenters. The number of halogens is 4. The summed E-state index contributed by atoms with van der Waals surface area (Å²) in [7, 11) is 0. The SMILES string of the molecule is CC(C)N(CCCBr)CC(F)(F)F. The molecule has 0 radical (unpaired) electrons. The maximum absolute atomic E-state index is 12.0. The highest BCUT2D eigenvalue weighted by molar-refractivity contribution is 9.09. The van der Waals surface area contributed by atoms with Crippen LogP contribution in [-0.2, 0) is 0 Å². The summed E-state index contributed by atoms with van der Waals surface area (Å²) < 4.78 is 36.1. The average Bonchev–Trinajstić information content (AvgIpc) is 1.95. The van der Waals surface area contributed by atoms with Gasteiger partial charge in [-0.3, -0.25) is 4.90 Å². The van der Waals surface area contributed by atoms with Crippen LogP contribution in [0.15, 0.2) is 0 Å². The molecular formula is C8H15BrF3N. The topological polar surface area (TPSA) is 3.24 Å². The van der Waals surface area contributed by atoms with E-state index in [-0.39, 0.29) is 6.04 Å². The monoisotopic (exact) mass is 261 g/mol. The zero-order valence-corrected chi connectivity index (χ0v) is 9.45. The lowest BCUT2D eigenvalue weighted by Crippen LogP contribution is -2.39. The van der Waals surface area contributed by atoms with E-state index < -0.39 is 12.7 Å². The first-order valence-electron chi connectivity index (χ1n) is 4.23. The molecule has 0 aromatic rings. The van der Waals surface area contributed by atoms with E-state index in [0.717, 1.165) is 11.8 Å². The second-order valence-corrected chi connectivity index (χ2v) is 4.01. The Morgan fingerprint density at radius 1 is 1.31 bits per heavy atom. The Kier molecular flexibility index (Phi) is 5.96. The molecule has 1 nitrogen and oxygen atoms in total. The van der Waals surface area contributed by atoms with Crippen molar-refractivity contribution in [3.05, 3.63) is 0 Å². The van der Waals surface area contributed by atoms with Crippen molar-refractivity contribution in [2.45, 2.75) is 32.5 Å². The molecule has 0 N–H and O–H groups in total. The van der Waals surface area contributed by atoms with Crippen LogP contribution in [0.1, 0.15) is 20.3 Å². The summed E-state index contributed by atoms with van der Waals surface area (Å²) in [5.74, 6) is 0. The van der Waals surface area contributed by atoms with Gasteiger partial charge < -0.3 is 0 Å². The van der Waals surface area contributed by atoms with E-state index in [1.54, 1.807) is 13.8 Å². The van der Waals surface area contributed by atoms with E-state index >= 15 is 0 Å². The lowest BCUT2D eigenvalue weighted by Gasteiger charge is -2.26. The first-order chi connectivity index (χ1) is 5.87. The molecule has 0 saturated carbocycles. The third-order valence-electron chi connectivity index (χ3n) is 1.69. The number of hydrogen-bond donors (Lipinski definition) is 0. The molecular weight excluding hydrogens is 247 g/mol. The summed E-state index contributed by atoms with van der Waals surface area (Å²) >= 11 is 3.20. The van der Waals surface area contributed by atoms with Gasteiger partial charge in [-0.05, 0) is 26.8 Å². The van der Waals surface area contributed by atoms with E-state index in [9.17, 15) is 13.2 Å². The second kappa shape index (κ2) is 5.86. The largest absolute Gasteiger partial charge is 0.401 e. The van der Waals surface area contributed by atoms with Gasteiger partial charge in [0.25, 0.3) is 0 Å². The van der Waals surface area contributed by atoms with Crippen molar-refractivity contribution >= 4 is 15.9 Å². The van der Waals surface area contributed by atoms with Gasteiger partial charge in [-0.25, -0.2) is 0 Å². The molecule has 13 heavy (non-hydrogen) atoms. The van der Waals surface area contributed by atoms with Crippen molar-refractivity contribution in [2.24, 2.45) is 0 Å². The van der Waals surface area contributed by atoms with Crippen molar-refractivity contribution in [1.82, 2.24) is 4.90 Å². The predicted molar refractivity (Wildman–Crippen MR) is 51.2 cm³/mol. The minimum Gasteiger partial charge on any atom is -0.293 e. The van der Waals surface area contributed by atoms with Crippen molar-refractivity contribution < 1.29 is 13.2 Å². The molecule has 0 rings (SSSR count). The fraction of sp³-hybridized carbons (Fsp3) is 1.00. The number of rotatable bonds is 5. The standard InChI is InChI=1S/C8H15BrF3N/c1-7(2)13(5-3-4-9)6-8(10,11)12/h7H,3-6H2,1-2H3. The molecule has 0 aliphatic rings. The third-order valence-corrected chi connectivity index (χ3v) is 2.25. The Balaban J connectivity index is 3.95. The molecule has 0 amide bonds. The summed E-state index contributed by atoms with van der Waals surface area (Å²) in [5.41, 5.74) is 0. The molecule has 0 aliphatic heterocycles. The van der Waals surface area contributed by atoms with E-state index in [1.165, 1.54) is 4.90 Å². The summed E-state index contributed by atoms with van der Waals surface area (Å²) in [4.78, 5) is 1.43. The Labute approximate surface area is 85.4 Å². The van der Waals surface area contributed by atoms with Crippen LogP contribution >= 0.6 is 15.9 Å². The minimum atomic E-state index is -4.09. The van der Waals surface area contributed by atoms with Crippen LogP contribution in [0.4, 0.5) is 13.2 Å². The number of hydrogen-bond acceptors (Lipinski definition) is 1. The Bertz CT molecular complexity index is 136. The predicted octanol–water partition coefficient (Wildman–Crippen LogP) is 3.04. The molecule has 0 aromatic heterocycles. The highest BCUT2D eigenvalue weighted by Crippen LogP contribution is 2.18. The van der Waals surface area contributed by atoms with Crippen molar-refractivity contribution in [3.8, 4) is 0 Å². The first kappa shape index (κ1) is 13.2. The fourth-order valence-electron chi connectivity index (χ4n) is 1.01. The molecule has 0 spiro atoms. The van der Waals surface area contributed by atoms with Crippen LogP contribution in [0.3, 0.4) is 0 Å². The van der Waals surface area contributed by atoms with Crippen molar-refractivity contribution in [3.63, 3.8) is 0 Å². The van der Waals surface area contributed by atoms with Crippen LogP contribution in [0, 0.1) is 0 Å². The van der Waals surface area contributed by atoms with Gasteiger partial charge in [-0.2, -0.15) is 13.2 Å². The van der Waals surface area contributed by atoms with Crippen LogP contribution in [0.25, 0.3) is 0 Å². The fourth-order valence-corrected chi connectivity index (χ4v) is 1.26. The zero-order valence-electron chi connectivity index (χ0n) is 7.86. The first-order valence-corrected chi connectivity index (χ1v) is 5.35. The van der Waals surface area contributed by atoms with Gasteiger partial charge in [0.1, 0.15) is 0 Å². The molecule has 0 bridgehead atoms. The molecule has 80 valence electrons. The van der Waals surface area contributed by atoms with Gasteiger partial charge in [-0.15, -0.1) is 0 Å². The summed E-state index contributed by atoms with van der Waals surface area (Å²) in [5, 5.41) is 0.744. The van der Waals surface area contributed by atoms with Crippen LogP contribution < -0.4 is 0 Å². The van der Waals surface area contributed by atoms with Crippen molar-refractivity contribution in [2.75, 3.05) is 18.4 Å². The van der Waals surface area contributed by atoms with Crippen LogP contribution in [0.5, 0.6) is 0 Å². The molecule has 0 fully saturated rings. The number of nitrogens with zero attached hydrogens (tertiary/aromatic N) is 1. The normalized spacial score (nSPS) is 12.9. The summed E-state index contributed by atoms with van der Waals surface area (Å²) in [6, 6.07) is -0.0549. The highest BCUT2D eigenvalue weighted by Gasteiger charge is 2.31. The Morgan fingerprint density at radius 2 is 1.85 bits per heavy atom. The van der Waals surface area contributed by atoms with Crippen LogP contribution in [0.2, 0.25) is 0 Å². The molecule has 0 aromatic carbocycles. The van der Waals surface area contributed by atoms with Gasteiger partial charge in [0.15, 0.2) is 0 Å². The summed E-state index contributed by atoms with van der Waals surface area (Å²) in [6.45, 7) is 3.24. The second-order valence-electron chi connectivity index (χ2n) is 3.22. The Hall–Kier alpha value is 0.230. The lowest BCUT2D eigenvalue weighted by molar-refractivity contribution is -0.149. The van der Waals surface area contributed by atoms with Crippen molar-refractivity contribution in [1.29, 1.82) is 0 Å². The molecule has 0 heterocycles. The van der Waals surface area contributed by atoms with Gasteiger partial charge in [-0.1, -0.05) is 15.9 Å². The number of alkyl halides is 4. The Morgan fingerprint density at radius 3 is 2.15 bits per heavy atom. The maximum atomic E-state index is 12.0. The molecule has 0 atom stereocenters. The van der Waals surface area contributed by atoms with E-state index in [1.807, 2.05) is 0 Å². The van der Waals surface area contributed by atoms with Gasteiger partial charge in [0.2, 0.25) is 0 Å².